The zero-order valence-corrected chi connectivity index (χ0v) is 12.3. The van der Waals surface area contributed by atoms with Gasteiger partial charge in [-0.15, -0.1) is 0 Å². The Labute approximate surface area is 112 Å². The molecule has 4 N–H and O–H groups in total. The van der Waals surface area contributed by atoms with Crippen LogP contribution in [0.1, 0.15) is 58.1 Å². The number of rotatable bonds is 6. The van der Waals surface area contributed by atoms with Crippen LogP contribution in [0.25, 0.3) is 0 Å². The lowest BCUT2D eigenvalue weighted by Crippen LogP contribution is -2.20. The molecule has 0 aromatic heterocycles. The van der Waals surface area contributed by atoms with Gasteiger partial charge in [-0.1, -0.05) is 39.3 Å². The second kappa shape index (κ2) is 6.24. The number of nitrogens with two attached hydrogens (primary N) is 2. The van der Waals surface area contributed by atoms with E-state index in [1.807, 2.05) is 6.07 Å². The molecule has 1 unspecified atom stereocenters. The van der Waals surface area contributed by atoms with Crippen LogP contribution in [0.3, 0.4) is 0 Å². The molecule has 1 aromatic carbocycles. The van der Waals surface area contributed by atoms with Crippen LogP contribution in [0.2, 0.25) is 0 Å². The summed E-state index contributed by atoms with van der Waals surface area (Å²) in [5.41, 5.74) is 15.5. The first-order valence-electron chi connectivity index (χ1n) is 7.01. The lowest BCUT2D eigenvalue weighted by Gasteiger charge is -2.26. The Bertz CT molecular complexity index is 381. The standard InChI is InChI=1S/C16H28N2/c1-5-13-11-14(8-9-15(13)18)16(3,4)10-6-7-12(2)17/h8-9,11-12H,5-7,10,17-18H2,1-4H3. The quantitative estimate of drug-likeness (QED) is 0.755. The van der Waals surface area contributed by atoms with Gasteiger partial charge in [0, 0.05) is 11.7 Å². The van der Waals surface area contributed by atoms with Gasteiger partial charge in [0.1, 0.15) is 0 Å². The molecule has 0 bridgehead atoms. The highest BCUT2D eigenvalue weighted by Crippen LogP contribution is 2.31. The van der Waals surface area contributed by atoms with Crippen LogP contribution >= 0.6 is 0 Å². The maximum Gasteiger partial charge on any atom is 0.0346 e. The van der Waals surface area contributed by atoms with Gasteiger partial charge in [0.25, 0.3) is 0 Å². The predicted molar refractivity (Wildman–Crippen MR) is 80.8 cm³/mol. The Morgan fingerprint density at radius 1 is 1.28 bits per heavy atom. The van der Waals surface area contributed by atoms with E-state index in [4.69, 9.17) is 11.5 Å². The molecule has 0 spiro atoms. The average molecular weight is 248 g/mol. The summed E-state index contributed by atoms with van der Waals surface area (Å²) in [4.78, 5) is 0. The third-order valence-electron chi connectivity index (χ3n) is 3.77. The van der Waals surface area contributed by atoms with Gasteiger partial charge in [-0.25, -0.2) is 0 Å². The molecule has 2 nitrogen and oxygen atoms in total. The number of benzene rings is 1. The van der Waals surface area contributed by atoms with Crippen molar-refractivity contribution in [3.05, 3.63) is 29.3 Å². The van der Waals surface area contributed by atoms with Gasteiger partial charge in [0.05, 0.1) is 0 Å². The van der Waals surface area contributed by atoms with Crippen molar-refractivity contribution in [2.24, 2.45) is 5.73 Å². The van der Waals surface area contributed by atoms with E-state index in [1.165, 1.54) is 24.0 Å². The zero-order chi connectivity index (χ0) is 13.8. The van der Waals surface area contributed by atoms with Gasteiger partial charge in [-0.3, -0.25) is 0 Å². The first-order valence-corrected chi connectivity index (χ1v) is 7.01. The molecule has 0 radical (unpaired) electrons. The average Bonchev–Trinajstić information content (AvgIpc) is 2.28. The molecule has 0 aliphatic rings. The summed E-state index contributed by atoms with van der Waals surface area (Å²) in [5.74, 6) is 0. The lowest BCUT2D eigenvalue weighted by atomic mass is 9.79. The van der Waals surface area contributed by atoms with Crippen molar-refractivity contribution in [1.29, 1.82) is 0 Å². The molecule has 2 heteroatoms. The molecule has 0 aliphatic carbocycles. The first-order chi connectivity index (χ1) is 8.36. The largest absolute Gasteiger partial charge is 0.399 e. The first kappa shape index (κ1) is 15.0. The topological polar surface area (TPSA) is 52.0 Å². The highest BCUT2D eigenvalue weighted by molar-refractivity contribution is 5.49. The van der Waals surface area contributed by atoms with Crippen molar-refractivity contribution in [2.45, 2.75) is 64.8 Å². The summed E-state index contributed by atoms with van der Waals surface area (Å²) < 4.78 is 0. The van der Waals surface area contributed by atoms with Crippen LogP contribution in [0.15, 0.2) is 18.2 Å². The van der Waals surface area contributed by atoms with Gasteiger partial charge in [-0.05, 0) is 48.8 Å². The second-order valence-electron chi connectivity index (χ2n) is 6.02. The number of nitrogen functional groups attached to an aromatic ring is 1. The van der Waals surface area contributed by atoms with Crippen molar-refractivity contribution in [3.8, 4) is 0 Å². The molecule has 0 heterocycles. The summed E-state index contributed by atoms with van der Waals surface area (Å²) in [5, 5.41) is 0. The number of hydrogen-bond donors (Lipinski definition) is 2. The van der Waals surface area contributed by atoms with Crippen LogP contribution in [0.4, 0.5) is 5.69 Å². The van der Waals surface area contributed by atoms with E-state index in [1.54, 1.807) is 0 Å². The lowest BCUT2D eigenvalue weighted by molar-refractivity contribution is 0.439. The molecule has 0 fully saturated rings. The maximum absolute atomic E-state index is 5.97. The molecule has 1 atom stereocenters. The van der Waals surface area contributed by atoms with Gasteiger partial charge in [0.2, 0.25) is 0 Å². The van der Waals surface area contributed by atoms with Crippen molar-refractivity contribution in [1.82, 2.24) is 0 Å². The summed E-state index contributed by atoms with van der Waals surface area (Å²) >= 11 is 0. The summed E-state index contributed by atoms with van der Waals surface area (Å²) in [6, 6.07) is 6.78. The van der Waals surface area contributed by atoms with Gasteiger partial charge in [-0.2, -0.15) is 0 Å². The molecular formula is C16H28N2. The van der Waals surface area contributed by atoms with Crippen molar-refractivity contribution in [2.75, 3.05) is 5.73 Å². The molecule has 0 saturated heterocycles. The van der Waals surface area contributed by atoms with Crippen LogP contribution in [-0.2, 0) is 11.8 Å². The maximum atomic E-state index is 5.97. The smallest absolute Gasteiger partial charge is 0.0346 e. The molecule has 0 aliphatic heterocycles. The fourth-order valence-electron chi connectivity index (χ4n) is 2.34. The Hall–Kier alpha value is -1.02. The Morgan fingerprint density at radius 2 is 1.94 bits per heavy atom. The molecule has 0 saturated carbocycles. The molecular weight excluding hydrogens is 220 g/mol. The molecule has 1 aromatic rings. The molecule has 18 heavy (non-hydrogen) atoms. The monoisotopic (exact) mass is 248 g/mol. The van der Waals surface area contributed by atoms with E-state index in [-0.39, 0.29) is 5.41 Å². The summed E-state index contributed by atoms with van der Waals surface area (Å²) in [7, 11) is 0. The summed E-state index contributed by atoms with van der Waals surface area (Å²) in [6.07, 6.45) is 4.44. The number of hydrogen-bond acceptors (Lipinski definition) is 2. The minimum absolute atomic E-state index is 0.201. The van der Waals surface area contributed by atoms with Crippen LogP contribution < -0.4 is 11.5 Å². The number of aryl methyl sites for hydroxylation is 1. The van der Waals surface area contributed by atoms with Crippen LogP contribution in [0, 0.1) is 0 Å². The van der Waals surface area contributed by atoms with E-state index in [0.717, 1.165) is 18.5 Å². The van der Waals surface area contributed by atoms with Gasteiger partial charge in [0.15, 0.2) is 0 Å². The molecule has 102 valence electrons. The minimum Gasteiger partial charge on any atom is -0.399 e. The highest BCUT2D eigenvalue weighted by atomic mass is 14.6. The predicted octanol–water partition coefficient (Wildman–Crippen LogP) is 3.63. The SMILES string of the molecule is CCc1cc(C(C)(C)CCCC(C)N)ccc1N. The van der Waals surface area contributed by atoms with E-state index in [2.05, 4.69) is 39.8 Å². The molecule has 1 rings (SSSR count). The van der Waals surface area contributed by atoms with Crippen LogP contribution in [-0.4, -0.2) is 6.04 Å². The normalized spacial score (nSPS) is 13.6. The fraction of sp³-hybridized carbons (Fsp3) is 0.625. The summed E-state index contributed by atoms with van der Waals surface area (Å²) in [6.45, 7) is 8.84. The zero-order valence-electron chi connectivity index (χ0n) is 12.3. The second-order valence-corrected chi connectivity index (χ2v) is 6.02. The Morgan fingerprint density at radius 3 is 2.50 bits per heavy atom. The number of anilines is 1. The van der Waals surface area contributed by atoms with Crippen molar-refractivity contribution >= 4 is 5.69 Å². The third-order valence-corrected chi connectivity index (χ3v) is 3.77. The van der Waals surface area contributed by atoms with E-state index in [0.29, 0.717) is 6.04 Å². The van der Waals surface area contributed by atoms with Gasteiger partial charge < -0.3 is 11.5 Å². The van der Waals surface area contributed by atoms with Crippen molar-refractivity contribution < 1.29 is 0 Å². The van der Waals surface area contributed by atoms with E-state index < -0.39 is 0 Å². The third kappa shape index (κ3) is 4.02. The van der Waals surface area contributed by atoms with Crippen molar-refractivity contribution in [3.63, 3.8) is 0 Å². The minimum atomic E-state index is 0.201. The molecule has 0 amide bonds. The van der Waals surface area contributed by atoms with Crippen LogP contribution in [0.5, 0.6) is 0 Å². The van der Waals surface area contributed by atoms with E-state index in [9.17, 15) is 0 Å². The van der Waals surface area contributed by atoms with Gasteiger partial charge >= 0.3 is 0 Å². The highest BCUT2D eigenvalue weighted by Gasteiger charge is 2.20. The van der Waals surface area contributed by atoms with E-state index >= 15 is 0 Å². The Balaban J connectivity index is 2.77. The fourth-order valence-corrected chi connectivity index (χ4v) is 2.34. The Kier molecular flexibility index (Phi) is 5.21.